The van der Waals surface area contributed by atoms with Gasteiger partial charge in [0, 0.05) is 0 Å². The SMILES string of the molecule is CC(C)CC[Si]Cl. The molecule has 0 aromatic heterocycles. The Morgan fingerprint density at radius 3 is 2.29 bits per heavy atom. The highest BCUT2D eigenvalue weighted by Crippen LogP contribution is 2.03. The third-order valence-electron chi connectivity index (χ3n) is 0.816. The molecule has 2 heteroatoms. The second kappa shape index (κ2) is 4.66. The summed E-state index contributed by atoms with van der Waals surface area (Å²) in [6.07, 6.45) is 1.28. The maximum Gasteiger partial charge on any atom is 0.171 e. The largest absolute Gasteiger partial charge is 0.171 e. The van der Waals surface area contributed by atoms with Gasteiger partial charge >= 0.3 is 0 Å². The molecule has 0 rings (SSSR count). The standard InChI is InChI=1S/C5H11ClSi/c1-5(2)3-4-7-6/h5H,3-4H2,1-2H3. The Kier molecular flexibility index (Phi) is 5.00. The zero-order valence-electron chi connectivity index (χ0n) is 4.87. The molecule has 0 aliphatic rings. The Morgan fingerprint density at radius 2 is 2.14 bits per heavy atom. The summed E-state index contributed by atoms with van der Waals surface area (Å²) in [5.74, 6) is 0.825. The van der Waals surface area contributed by atoms with Gasteiger partial charge in [0.05, 0.1) is 0 Å². The van der Waals surface area contributed by atoms with E-state index in [1.165, 1.54) is 12.5 Å². The van der Waals surface area contributed by atoms with Crippen LogP contribution in [0.1, 0.15) is 20.3 Å². The predicted molar refractivity (Wildman–Crippen MR) is 35.9 cm³/mol. The minimum absolute atomic E-state index is 0.623. The number of halogens is 1. The Bertz CT molecular complexity index is 37.1. The molecule has 0 saturated carbocycles. The molecule has 0 aromatic rings. The van der Waals surface area contributed by atoms with Crippen LogP contribution in [-0.4, -0.2) is 8.83 Å². The van der Waals surface area contributed by atoms with Crippen LogP contribution in [-0.2, 0) is 0 Å². The molecule has 0 aliphatic carbocycles. The van der Waals surface area contributed by atoms with Gasteiger partial charge in [-0.3, -0.25) is 0 Å². The van der Waals surface area contributed by atoms with Gasteiger partial charge < -0.3 is 0 Å². The second-order valence-corrected chi connectivity index (χ2v) is 3.64. The summed E-state index contributed by atoms with van der Waals surface area (Å²) >= 11 is 5.47. The van der Waals surface area contributed by atoms with Crippen LogP contribution in [0.3, 0.4) is 0 Å². The molecule has 0 fully saturated rings. The summed E-state index contributed by atoms with van der Waals surface area (Å²) in [7, 11) is 0.623. The van der Waals surface area contributed by atoms with Crippen LogP contribution < -0.4 is 0 Å². The van der Waals surface area contributed by atoms with E-state index in [2.05, 4.69) is 13.8 Å². The molecule has 0 spiro atoms. The molecule has 0 unspecified atom stereocenters. The maximum atomic E-state index is 5.47. The molecule has 2 radical (unpaired) electrons. The fourth-order valence-corrected chi connectivity index (χ4v) is 1.36. The fourth-order valence-electron chi connectivity index (χ4n) is 0.343. The minimum atomic E-state index is 0.623. The van der Waals surface area contributed by atoms with E-state index in [0.717, 1.165) is 5.92 Å². The molecule has 0 amide bonds. The molecule has 42 valence electrons. The Balaban J connectivity index is 2.68. The lowest BCUT2D eigenvalue weighted by Gasteiger charge is -1.97. The smallest absolute Gasteiger partial charge is 0.171 e. The lowest BCUT2D eigenvalue weighted by molar-refractivity contribution is 0.625. The zero-order valence-corrected chi connectivity index (χ0v) is 6.63. The minimum Gasteiger partial charge on any atom is -0.171 e. The summed E-state index contributed by atoms with van der Waals surface area (Å²) in [5.41, 5.74) is 0. The van der Waals surface area contributed by atoms with Gasteiger partial charge in [-0.2, -0.15) is 11.1 Å². The van der Waals surface area contributed by atoms with Crippen molar-refractivity contribution in [3.05, 3.63) is 0 Å². The van der Waals surface area contributed by atoms with E-state index in [1.54, 1.807) is 0 Å². The van der Waals surface area contributed by atoms with Crippen molar-refractivity contribution in [2.24, 2.45) is 5.92 Å². The van der Waals surface area contributed by atoms with Crippen LogP contribution in [0, 0.1) is 5.92 Å². The Labute approximate surface area is 52.8 Å². The van der Waals surface area contributed by atoms with Crippen LogP contribution in [0.4, 0.5) is 0 Å². The molecule has 7 heavy (non-hydrogen) atoms. The number of hydrogen-bond acceptors (Lipinski definition) is 0. The Morgan fingerprint density at radius 1 is 1.57 bits per heavy atom. The van der Waals surface area contributed by atoms with E-state index in [4.69, 9.17) is 11.1 Å². The highest BCUT2D eigenvalue weighted by molar-refractivity contribution is 6.93. The third-order valence-corrected chi connectivity index (χ3v) is 1.86. The molecule has 0 nitrogen and oxygen atoms in total. The molecular weight excluding hydrogens is 124 g/mol. The van der Waals surface area contributed by atoms with Gasteiger partial charge in [-0.1, -0.05) is 20.3 Å². The van der Waals surface area contributed by atoms with Crippen molar-refractivity contribution in [1.82, 2.24) is 0 Å². The van der Waals surface area contributed by atoms with Gasteiger partial charge in [-0.25, -0.2) is 0 Å². The summed E-state index contributed by atoms with van der Waals surface area (Å²) in [6.45, 7) is 4.44. The van der Waals surface area contributed by atoms with Crippen LogP contribution in [0.5, 0.6) is 0 Å². The zero-order chi connectivity index (χ0) is 5.70. The highest BCUT2D eigenvalue weighted by Gasteiger charge is 1.90. The molecule has 0 aromatic carbocycles. The topological polar surface area (TPSA) is 0 Å². The predicted octanol–water partition coefficient (Wildman–Crippen LogP) is 2.31. The monoisotopic (exact) mass is 134 g/mol. The molecule has 0 N–H and O–H groups in total. The van der Waals surface area contributed by atoms with Crippen LogP contribution in [0.25, 0.3) is 0 Å². The first-order chi connectivity index (χ1) is 3.27. The van der Waals surface area contributed by atoms with Crippen molar-refractivity contribution in [3.63, 3.8) is 0 Å². The van der Waals surface area contributed by atoms with Gasteiger partial charge in [-0.05, 0) is 12.0 Å². The highest BCUT2D eigenvalue weighted by atomic mass is 35.6. The first-order valence-corrected chi connectivity index (χ1v) is 4.82. The molecule has 0 aliphatic heterocycles. The summed E-state index contributed by atoms with van der Waals surface area (Å²) in [5, 5.41) is 0. The van der Waals surface area contributed by atoms with E-state index in [0.29, 0.717) is 8.83 Å². The van der Waals surface area contributed by atoms with Crippen molar-refractivity contribution in [1.29, 1.82) is 0 Å². The van der Waals surface area contributed by atoms with E-state index < -0.39 is 0 Å². The van der Waals surface area contributed by atoms with Crippen molar-refractivity contribution in [2.75, 3.05) is 0 Å². The first kappa shape index (κ1) is 7.51. The van der Waals surface area contributed by atoms with Crippen molar-refractivity contribution < 1.29 is 0 Å². The average molecular weight is 135 g/mol. The van der Waals surface area contributed by atoms with Gasteiger partial charge in [0.25, 0.3) is 0 Å². The number of hydrogen-bond donors (Lipinski definition) is 0. The van der Waals surface area contributed by atoms with Crippen LogP contribution >= 0.6 is 11.1 Å². The Hall–Kier alpha value is 0.507. The summed E-state index contributed by atoms with van der Waals surface area (Å²) in [4.78, 5) is 0. The van der Waals surface area contributed by atoms with E-state index >= 15 is 0 Å². The van der Waals surface area contributed by atoms with Crippen molar-refractivity contribution in [2.45, 2.75) is 26.3 Å². The normalized spacial score (nSPS) is 10.3. The van der Waals surface area contributed by atoms with Gasteiger partial charge in [-0.15, -0.1) is 0 Å². The first-order valence-electron chi connectivity index (χ1n) is 2.61. The fraction of sp³-hybridized carbons (Fsp3) is 1.00. The maximum absolute atomic E-state index is 5.47. The van der Waals surface area contributed by atoms with Crippen LogP contribution in [0.15, 0.2) is 0 Å². The molecule has 0 saturated heterocycles. The summed E-state index contributed by atoms with van der Waals surface area (Å²) in [6, 6.07) is 1.19. The molecular formula is C5H11ClSi. The van der Waals surface area contributed by atoms with Crippen molar-refractivity contribution >= 4 is 19.9 Å². The lowest BCUT2D eigenvalue weighted by atomic mass is 10.2. The van der Waals surface area contributed by atoms with Gasteiger partial charge in [0.15, 0.2) is 8.83 Å². The van der Waals surface area contributed by atoms with E-state index in [-0.39, 0.29) is 0 Å². The van der Waals surface area contributed by atoms with Crippen LogP contribution in [0.2, 0.25) is 6.04 Å². The number of rotatable bonds is 3. The second-order valence-electron chi connectivity index (χ2n) is 2.07. The van der Waals surface area contributed by atoms with E-state index in [9.17, 15) is 0 Å². The van der Waals surface area contributed by atoms with Gasteiger partial charge in [0.2, 0.25) is 0 Å². The quantitative estimate of drug-likeness (QED) is 0.411. The van der Waals surface area contributed by atoms with E-state index in [1.807, 2.05) is 0 Å². The lowest BCUT2D eigenvalue weighted by Crippen LogP contribution is -1.86. The molecule has 0 heterocycles. The third kappa shape index (κ3) is 6.51. The molecule has 0 atom stereocenters. The van der Waals surface area contributed by atoms with Gasteiger partial charge in [0.1, 0.15) is 0 Å². The molecule has 0 bridgehead atoms. The summed E-state index contributed by atoms with van der Waals surface area (Å²) < 4.78 is 0. The van der Waals surface area contributed by atoms with Crippen molar-refractivity contribution in [3.8, 4) is 0 Å². The average Bonchev–Trinajstić information content (AvgIpc) is 1.61.